The second-order valence-corrected chi connectivity index (χ2v) is 22.4. The number of carbonyl (C=O) groups excluding carboxylic acids is 3. The van der Waals surface area contributed by atoms with E-state index in [1.165, 1.54) is 263 Å². The molecule has 0 saturated carbocycles. The standard InChI is InChI=1S/C67H126O6/c1-4-7-10-13-16-19-22-25-28-30-32-34-36-37-39-42-45-48-51-54-57-60-66(69)72-63-64(62-71-65(68)59-56-53-50-47-44-41-27-24-21-18-15-12-9-6-3)73-67(70)61-58-55-52-49-46-43-40-38-35-33-31-29-26-23-20-17-14-11-8-5-2/h22,25,30,32,64H,4-21,23-24,26-29,31,33-63H2,1-3H3/b25-22-,32-30-. The van der Waals surface area contributed by atoms with Gasteiger partial charge in [0.1, 0.15) is 13.2 Å². The van der Waals surface area contributed by atoms with E-state index < -0.39 is 6.10 Å². The van der Waals surface area contributed by atoms with Crippen LogP contribution in [0, 0.1) is 0 Å². The van der Waals surface area contributed by atoms with Gasteiger partial charge in [-0.2, -0.15) is 0 Å². The van der Waals surface area contributed by atoms with Crippen LogP contribution in [0.25, 0.3) is 0 Å². The Hall–Kier alpha value is -2.11. The summed E-state index contributed by atoms with van der Waals surface area (Å²) in [7, 11) is 0. The molecule has 1 unspecified atom stereocenters. The van der Waals surface area contributed by atoms with E-state index >= 15 is 0 Å². The summed E-state index contributed by atoms with van der Waals surface area (Å²) in [5.74, 6) is -0.841. The lowest BCUT2D eigenvalue weighted by Gasteiger charge is -2.18. The van der Waals surface area contributed by atoms with Crippen LogP contribution in [0.2, 0.25) is 0 Å². The molecule has 6 heteroatoms. The van der Waals surface area contributed by atoms with Gasteiger partial charge in [-0.1, -0.05) is 321 Å². The zero-order valence-electron chi connectivity index (χ0n) is 49.4. The van der Waals surface area contributed by atoms with E-state index in [0.29, 0.717) is 19.3 Å². The molecule has 1 atom stereocenters. The summed E-state index contributed by atoms with van der Waals surface area (Å²) < 4.78 is 17.0. The normalized spacial score (nSPS) is 12.1. The predicted octanol–water partition coefficient (Wildman–Crippen LogP) is 22.2. The number of hydrogen-bond acceptors (Lipinski definition) is 6. The molecule has 0 spiro atoms. The number of carbonyl (C=O) groups is 3. The van der Waals surface area contributed by atoms with E-state index in [4.69, 9.17) is 14.2 Å². The maximum absolute atomic E-state index is 12.9. The van der Waals surface area contributed by atoms with Crippen molar-refractivity contribution in [3.05, 3.63) is 24.3 Å². The molecule has 0 N–H and O–H groups in total. The third-order valence-corrected chi connectivity index (χ3v) is 15.0. The molecule has 0 fully saturated rings. The minimum Gasteiger partial charge on any atom is -0.462 e. The van der Waals surface area contributed by atoms with Crippen LogP contribution in [0.1, 0.15) is 367 Å². The van der Waals surface area contributed by atoms with Crippen LogP contribution >= 0.6 is 0 Å². The molecule has 0 bridgehead atoms. The molecule has 0 saturated heterocycles. The number of esters is 3. The Balaban J connectivity index is 4.29. The summed E-state index contributed by atoms with van der Waals surface area (Å²) in [6.07, 6.45) is 74.7. The molecule has 0 amide bonds. The monoisotopic (exact) mass is 1030 g/mol. The molecule has 73 heavy (non-hydrogen) atoms. The topological polar surface area (TPSA) is 78.9 Å². The van der Waals surface area contributed by atoms with Crippen LogP contribution in [0.15, 0.2) is 24.3 Å². The second-order valence-electron chi connectivity index (χ2n) is 22.4. The molecular formula is C67H126O6. The third-order valence-electron chi connectivity index (χ3n) is 15.0. The lowest BCUT2D eigenvalue weighted by Crippen LogP contribution is -2.30. The molecule has 0 aliphatic carbocycles. The van der Waals surface area contributed by atoms with Gasteiger partial charge in [-0.05, 0) is 51.4 Å². The molecule has 0 aromatic rings. The number of hydrogen-bond donors (Lipinski definition) is 0. The van der Waals surface area contributed by atoms with Gasteiger partial charge in [0.2, 0.25) is 0 Å². The van der Waals surface area contributed by atoms with Crippen LogP contribution in [-0.2, 0) is 28.6 Å². The van der Waals surface area contributed by atoms with Crippen molar-refractivity contribution in [3.8, 4) is 0 Å². The van der Waals surface area contributed by atoms with Gasteiger partial charge in [-0.25, -0.2) is 0 Å². The molecule has 0 aliphatic heterocycles. The van der Waals surface area contributed by atoms with Crippen molar-refractivity contribution in [2.75, 3.05) is 13.2 Å². The number of rotatable bonds is 61. The fraction of sp³-hybridized carbons (Fsp3) is 0.896. The van der Waals surface area contributed by atoms with Crippen molar-refractivity contribution in [1.29, 1.82) is 0 Å². The fourth-order valence-electron chi connectivity index (χ4n) is 10.0. The van der Waals surface area contributed by atoms with Crippen LogP contribution in [0.5, 0.6) is 0 Å². The summed E-state index contributed by atoms with van der Waals surface area (Å²) in [5, 5.41) is 0. The lowest BCUT2D eigenvalue weighted by molar-refractivity contribution is -0.167. The molecule has 0 aromatic heterocycles. The van der Waals surface area contributed by atoms with Crippen molar-refractivity contribution >= 4 is 17.9 Å². The van der Waals surface area contributed by atoms with E-state index in [-0.39, 0.29) is 31.1 Å². The SMILES string of the molecule is CCCCCCC/C=C\C/C=C\CCCCCCCCCCCC(=O)OCC(COC(=O)CCCCCCCCCCCCCCCC)OC(=O)CCCCCCCCCCCCCCCCCCCCCC. The Labute approximate surface area is 455 Å². The first-order valence-corrected chi connectivity index (χ1v) is 32.8. The number of ether oxygens (including phenoxy) is 3. The Morgan fingerprint density at radius 2 is 0.493 bits per heavy atom. The smallest absolute Gasteiger partial charge is 0.306 e. The Morgan fingerprint density at radius 1 is 0.274 bits per heavy atom. The highest BCUT2D eigenvalue weighted by atomic mass is 16.6. The quantitative estimate of drug-likeness (QED) is 0.0261. The largest absolute Gasteiger partial charge is 0.462 e. The second kappa shape index (κ2) is 62.4. The van der Waals surface area contributed by atoms with Gasteiger partial charge in [0.25, 0.3) is 0 Å². The van der Waals surface area contributed by atoms with E-state index in [1.54, 1.807) is 0 Å². The Bertz CT molecular complexity index is 1180. The first-order valence-electron chi connectivity index (χ1n) is 32.8. The highest BCUT2D eigenvalue weighted by Crippen LogP contribution is 2.18. The highest BCUT2D eigenvalue weighted by molar-refractivity contribution is 5.71. The van der Waals surface area contributed by atoms with Crippen molar-refractivity contribution in [2.24, 2.45) is 0 Å². The van der Waals surface area contributed by atoms with E-state index in [9.17, 15) is 14.4 Å². The number of allylic oxidation sites excluding steroid dienone is 4. The van der Waals surface area contributed by atoms with Gasteiger partial charge in [0.15, 0.2) is 6.10 Å². The van der Waals surface area contributed by atoms with Crippen molar-refractivity contribution in [2.45, 2.75) is 374 Å². The van der Waals surface area contributed by atoms with E-state index in [1.807, 2.05) is 0 Å². The summed E-state index contributed by atoms with van der Waals surface area (Å²) in [4.78, 5) is 38.3. The van der Waals surface area contributed by atoms with Crippen molar-refractivity contribution < 1.29 is 28.6 Å². The van der Waals surface area contributed by atoms with Crippen LogP contribution in [0.3, 0.4) is 0 Å². The summed E-state index contributed by atoms with van der Waals surface area (Å²) >= 11 is 0. The van der Waals surface area contributed by atoms with Crippen LogP contribution in [-0.4, -0.2) is 37.2 Å². The first kappa shape index (κ1) is 70.9. The summed E-state index contributed by atoms with van der Waals surface area (Å²) in [6, 6.07) is 0. The third kappa shape index (κ3) is 60.6. The lowest BCUT2D eigenvalue weighted by atomic mass is 10.0. The van der Waals surface area contributed by atoms with Crippen molar-refractivity contribution in [1.82, 2.24) is 0 Å². The van der Waals surface area contributed by atoms with E-state index in [0.717, 1.165) is 64.2 Å². The van der Waals surface area contributed by atoms with Gasteiger partial charge in [-0.3, -0.25) is 14.4 Å². The summed E-state index contributed by atoms with van der Waals surface area (Å²) in [5.41, 5.74) is 0. The van der Waals surface area contributed by atoms with Gasteiger partial charge >= 0.3 is 17.9 Å². The molecule has 0 radical (unpaired) electrons. The molecule has 0 aliphatic rings. The van der Waals surface area contributed by atoms with Crippen molar-refractivity contribution in [3.63, 3.8) is 0 Å². The van der Waals surface area contributed by atoms with Gasteiger partial charge in [0, 0.05) is 19.3 Å². The molecular weight excluding hydrogens is 901 g/mol. The zero-order valence-corrected chi connectivity index (χ0v) is 49.4. The summed E-state index contributed by atoms with van der Waals surface area (Å²) in [6.45, 7) is 6.70. The average molecular weight is 1030 g/mol. The van der Waals surface area contributed by atoms with Gasteiger partial charge in [-0.15, -0.1) is 0 Å². The molecule has 0 heterocycles. The molecule has 0 rings (SSSR count). The Kier molecular flexibility index (Phi) is 60.6. The maximum atomic E-state index is 12.9. The molecule has 6 nitrogen and oxygen atoms in total. The zero-order chi connectivity index (χ0) is 52.9. The van der Waals surface area contributed by atoms with Gasteiger partial charge < -0.3 is 14.2 Å². The van der Waals surface area contributed by atoms with E-state index in [2.05, 4.69) is 45.1 Å². The predicted molar refractivity (Wildman–Crippen MR) is 316 cm³/mol. The minimum atomic E-state index is -0.769. The van der Waals surface area contributed by atoms with Crippen LogP contribution < -0.4 is 0 Å². The minimum absolute atomic E-state index is 0.0661. The molecule has 430 valence electrons. The fourth-order valence-corrected chi connectivity index (χ4v) is 10.0. The first-order chi connectivity index (χ1) is 36.0. The number of unbranched alkanes of at least 4 members (excludes halogenated alkanes) is 46. The van der Waals surface area contributed by atoms with Crippen LogP contribution in [0.4, 0.5) is 0 Å². The average Bonchev–Trinajstić information content (AvgIpc) is 3.39. The maximum Gasteiger partial charge on any atom is 0.306 e. The Morgan fingerprint density at radius 3 is 0.753 bits per heavy atom. The highest BCUT2D eigenvalue weighted by Gasteiger charge is 2.19. The molecule has 0 aromatic carbocycles. The van der Waals surface area contributed by atoms with Gasteiger partial charge in [0.05, 0.1) is 0 Å².